The molecule has 0 saturated carbocycles. The predicted molar refractivity (Wildman–Crippen MR) is 119 cm³/mol. The van der Waals surface area contributed by atoms with E-state index in [0.29, 0.717) is 35.2 Å². The van der Waals surface area contributed by atoms with Crippen LogP contribution in [0.5, 0.6) is 0 Å². The Bertz CT molecular complexity index is 1050. The van der Waals surface area contributed by atoms with Gasteiger partial charge in [-0.2, -0.15) is 0 Å². The lowest BCUT2D eigenvalue weighted by molar-refractivity contribution is 0.102. The third-order valence-electron chi connectivity index (χ3n) is 4.29. The molecule has 2 aromatic heterocycles. The van der Waals surface area contributed by atoms with E-state index in [1.165, 1.54) is 0 Å². The van der Waals surface area contributed by atoms with Crippen LogP contribution in [0.25, 0.3) is 0 Å². The first-order chi connectivity index (χ1) is 14.7. The molecular weight excluding hydrogens is 396 g/mol. The third kappa shape index (κ3) is 6.13. The fourth-order valence-electron chi connectivity index (χ4n) is 2.68. The predicted octanol–water partition coefficient (Wildman–Crippen LogP) is 3.98. The van der Waals surface area contributed by atoms with Gasteiger partial charge in [-0.05, 0) is 43.4 Å². The number of carbonyl (C=O) groups is 2. The highest BCUT2D eigenvalue weighted by atomic mass is 16.5. The standard InChI is InChI=1S/C22H26N6O3/c1-22(2,3)18-12-19(28-31-18)27-21(30)26-15-10-8-14(9-11-15)25-20(29)17-7-5-6-16(24-17)13-23-4/h5-12,23H,13H2,1-4H3,(H,25,29)(H2,26,27,28,30). The highest BCUT2D eigenvalue weighted by Gasteiger charge is 2.20. The number of benzene rings is 1. The summed E-state index contributed by atoms with van der Waals surface area (Å²) in [6.45, 7) is 6.56. The van der Waals surface area contributed by atoms with Crippen LogP contribution in [0, 0.1) is 0 Å². The molecule has 0 aliphatic carbocycles. The average molecular weight is 422 g/mol. The van der Waals surface area contributed by atoms with Crippen LogP contribution >= 0.6 is 0 Å². The summed E-state index contributed by atoms with van der Waals surface area (Å²) in [7, 11) is 1.82. The van der Waals surface area contributed by atoms with Crippen LogP contribution in [0.2, 0.25) is 0 Å². The van der Waals surface area contributed by atoms with Crippen molar-refractivity contribution in [1.29, 1.82) is 0 Å². The SMILES string of the molecule is CNCc1cccc(C(=O)Nc2ccc(NC(=O)Nc3cc(C(C)(C)C)on3)cc2)n1. The second-order valence-electron chi connectivity index (χ2n) is 7.98. The normalized spacial score (nSPS) is 11.1. The molecule has 0 atom stereocenters. The summed E-state index contributed by atoms with van der Waals surface area (Å²) in [5.41, 5.74) is 2.05. The number of urea groups is 1. The van der Waals surface area contributed by atoms with Gasteiger partial charge in [-0.15, -0.1) is 0 Å². The first-order valence-electron chi connectivity index (χ1n) is 9.82. The minimum Gasteiger partial charge on any atom is -0.359 e. The molecule has 9 nitrogen and oxygen atoms in total. The van der Waals surface area contributed by atoms with Crippen LogP contribution in [-0.2, 0) is 12.0 Å². The van der Waals surface area contributed by atoms with Crippen LogP contribution in [0.15, 0.2) is 53.1 Å². The number of anilines is 3. The van der Waals surface area contributed by atoms with E-state index in [2.05, 4.69) is 31.4 Å². The zero-order valence-corrected chi connectivity index (χ0v) is 17.9. The van der Waals surface area contributed by atoms with E-state index in [1.807, 2.05) is 33.9 Å². The van der Waals surface area contributed by atoms with Gasteiger partial charge in [0, 0.05) is 29.4 Å². The van der Waals surface area contributed by atoms with Crippen LogP contribution in [0.3, 0.4) is 0 Å². The molecular formula is C22H26N6O3. The lowest BCUT2D eigenvalue weighted by Crippen LogP contribution is -2.19. The Morgan fingerprint density at radius 3 is 2.26 bits per heavy atom. The number of rotatable bonds is 6. The summed E-state index contributed by atoms with van der Waals surface area (Å²) < 4.78 is 5.25. The van der Waals surface area contributed by atoms with Gasteiger partial charge in [-0.1, -0.05) is 32.0 Å². The van der Waals surface area contributed by atoms with Crippen molar-refractivity contribution in [2.24, 2.45) is 0 Å². The first kappa shape index (κ1) is 22.0. The molecule has 0 fully saturated rings. The van der Waals surface area contributed by atoms with Gasteiger partial charge in [0.15, 0.2) is 5.82 Å². The number of nitrogens with zero attached hydrogens (tertiary/aromatic N) is 2. The van der Waals surface area contributed by atoms with Crippen molar-refractivity contribution >= 4 is 29.1 Å². The molecule has 31 heavy (non-hydrogen) atoms. The van der Waals surface area contributed by atoms with Crippen molar-refractivity contribution in [3.63, 3.8) is 0 Å². The van der Waals surface area contributed by atoms with E-state index >= 15 is 0 Å². The van der Waals surface area contributed by atoms with Gasteiger partial charge >= 0.3 is 6.03 Å². The lowest BCUT2D eigenvalue weighted by atomic mass is 9.93. The molecule has 9 heteroatoms. The van der Waals surface area contributed by atoms with Crippen LogP contribution in [0.4, 0.5) is 22.0 Å². The van der Waals surface area contributed by atoms with Crippen molar-refractivity contribution in [2.75, 3.05) is 23.0 Å². The minimum atomic E-state index is -0.448. The molecule has 1 aromatic carbocycles. The van der Waals surface area contributed by atoms with Gasteiger partial charge < -0.3 is 20.5 Å². The number of hydrogen-bond donors (Lipinski definition) is 4. The van der Waals surface area contributed by atoms with E-state index in [0.717, 1.165) is 5.69 Å². The molecule has 0 aliphatic heterocycles. The molecule has 0 radical (unpaired) electrons. The van der Waals surface area contributed by atoms with E-state index in [1.54, 1.807) is 42.5 Å². The summed E-state index contributed by atoms with van der Waals surface area (Å²) >= 11 is 0. The van der Waals surface area contributed by atoms with E-state index < -0.39 is 6.03 Å². The summed E-state index contributed by atoms with van der Waals surface area (Å²) in [6, 6.07) is 13.3. The van der Waals surface area contributed by atoms with Crippen molar-refractivity contribution in [3.05, 3.63) is 65.7 Å². The summed E-state index contributed by atoms with van der Waals surface area (Å²) in [5.74, 6) is 0.699. The van der Waals surface area contributed by atoms with Gasteiger partial charge in [0.05, 0.1) is 5.69 Å². The average Bonchev–Trinajstić information content (AvgIpc) is 3.19. The van der Waals surface area contributed by atoms with Gasteiger partial charge in [0.1, 0.15) is 11.5 Å². The molecule has 4 N–H and O–H groups in total. The molecule has 0 unspecified atom stereocenters. The molecule has 0 bridgehead atoms. The molecule has 3 aromatic rings. The Kier molecular flexibility index (Phi) is 6.66. The van der Waals surface area contributed by atoms with Crippen LogP contribution in [-0.4, -0.2) is 29.1 Å². The zero-order valence-electron chi connectivity index (χ0n) is 17.9. The quantitative estimate of drug-likeness (QED) is 0.477. The summed E-state index contributed by atoms with van der Waals surface area (Å²) in [6.07, 6.45) is 0. The molecule has 162 valence electrons. The largest absolute Gasteiger partial charge is 0.359 e. The molecule has 3 amide bonds. The monoisotopic (exact) mass is 422 g/mol. The van der Waals surface area contributed by atoms with E-state index in [9.17, 15) is 9.59 Å². The first-order valence-corrected chi connectivity index (χ1v) is 9.82. The van der Waals surface area contributed by atoms with Crippen LogP contribution < -0.4 is 21.3 Å². The maximum absolute atomic E-state index is 12.4. The Balaban J connectivity index is 1.56. The second kappa shape index (κ2) is 9.40. The summed E-state index contributed by atoms with van der Waals surface area (Å²) in [4.78, 5) is 28.9. The second-order valence-corrected chi connectivity index (χ2v) is 7.98. The number of pyridine rings is 1. The highest BCUT2D eigenvalue weighted by molar-refractivity contribution is 6.03. The van der Waals surface area contributed by atoms with Gasteiger partial charge in [0.25, 0.3) is 5.91 Å². The number of aromatic nitrogens is 2. The minimum absolute atomic E-state index is 0.201. The Labute approximate surface area is 180 Å². The Morgan fingerprint density at radius 2 is 1.65 bits per heavy atom. The highest BCUT2D eigenvalue weighted by Crippen LogP contribution is 2.24. The Morgan fingerprint density at radius 1 is 0.968 bits per heavy atom. The number of carbonyl (C=O) groups excluding carboxylic acids is 2. The topological polar surface area (TPSA) is 121 Å². The van der Waals surface area contributed by atoms with Crippen molar-refractivity contribution < 1.29 is 14.1 Å². The molecule has 0 aliphatic rings. The van der Waals surface area contributed by atoms with Crippen molar-refractivity contribution in [2.45, 2.75) is 32.7 Å². The van der Waals surface area contributed by atoms with Gasteiger partial charge in [0.2, 0.25) is 0 Å². The molecule has 0 spiro atoms. The third-order valence-corrected chi connectivity index (χ3v) is 4.29. The van der Waals surface area contributed by atoms with Crippen molar-refractivity contribution in [1.82, 2.24) is 15.5 Å². The maximum Gasteiger partial charge on any atom is 0.324 e. The van der Waals surface area contributed by atoms with Crippen molar-refractivity contribution in [3.8, 4) is 0 Å². The van der Waals surface area contributed by atoms with E-state index in [-0.39, 0.29) is 11.3 Å². The fraction of sp³-hybridized carbons (Fsp3) is 0.273. The number of hydrogen-bond acceptors (Lipinski definition) is 6. The summed E-state index contributed by atoms with van der Waals surface area (Å²) in [5, 5.41) is 15.0. The molecule has 2 heterocycles. The van der Waals surface area contributed by atoms with Crippen LogP contribution in [0.1, 0.15) is 42.7 Å². The maximum atomic E-state index is 12.4. The number of amides is 3. The van der Waals surface area contributed by atoms with Gasteiger partial charge in [-0.25, -0.2) is 9.78 Å². The smallest absolute Gasteiger partial charge is 0.324 e. The Hall–Kier alpha value is -3.72. The lowest BCUT2D eigenvalue weighted by Gasteiger charge is -2.12. The zero-order chi connectivity index (χ0) is 22.4. The van der Waals surface area contributed by atoms with E-state index in [4.69, 9.17) is 4.52 Å². The fourth-order valence-corrected chi connectivity index (χ4v) is 2.68. The number of nitrogens with one attached hydrogen (secondary N) is 4. The molecule has 0 saturated heterocycles. The van der Waals surface area contributed by atoms with Gasteiger partial charge in [-0.3, -0.25) is 10.1 Å². The molecule has 3 rings (SSSR count).